The molecule has 5 heteroatoms. The number of carbonyl (C=O) groups is 1. The number of benzene rings is 1. The molecule has 0 amide bonds. The van der Waals surface area contributed by atoms with Gasteiger partial charge in [0.25, 0.3) is 0 Å². The van der Waals surface area contributed by atoms with Crippen LogP contribution >= 0.6 is 0 Å². The van der Waals surface area contributed by atoms with Crippen LogP contribution in [0.1, 0.15) is 57.1 Å². The minimum atomic E-state index is -0.579. The van der Waals surface area contributed by atoms with Crippen LogP contribution in [0.4, 0.5) is 5.69 Å². The first-order valence-electron chi connectivity index (χ1n) is 9.25. The molecule has 0 aliphatic heterocycles. The fourth-order valence-electron chi connectivity index (χ4n) is 3.30. The second-order valence-corrected chi connectivity index (χ2v) is 6.74. The van der Waals surface area contributed by atoms with Crippen LogP contribution in [0.5, 0.6) is 0 Å². The summed E-state index contributed by atoms with van der Waals surface area (Å²) in [5, 5.41) is 3.07. The minimum absolute atomic E-state index is 0.380. The third-order valence-electron chi connectivity index (χ3n) is 4.99. The van der Waals surface area contributed by atoms with Crippen molar-refractivity contribution in [1.82, 2.24) is 0 Å². The largest absolute Gasteiger partial charge is 0.462 e. The third kappa shape index (κ3) is 5.23. The van der Waals surface area contributed by atoms with Gasteiger partial charge in [0.15, 0.2) is 0 Å². The van der Waals surface area contributed by atoms with Crippen LogP contribution in [0.3, 0.4) is 0 Å². The van der Waals surface area contributed by atoms with Crippen molar-refractivity contribution >= 4 is 11.7 Å². The summed E-state index contributed by atoms with van der Waals surface area (Å²) in [4.78, 5) is 12.7. The van der Waals surface area contributed by atoms with Crippen LogP contribution in [0.25, 0.3) is 0 Å². The van der Waals surface area contributed by atoms with Gasteiger partial charge in [-0.2, -0.15) is 0 Å². The minimum Gasteiger partial charge on any atom is -0.462 e. The molecule has 0 bridgehead atoms. The summed E-state index contributed by atoms with van der Waals surface area (Å²) in [5.41, 5.74) is 15.2. The Bertz CT molecular complexity index is 589. The lowest BCUT2D eigenvalue weighted by Crippen LogP contribution is -2.27. The van der Waals surface area contributed by atoms with Gasteiger partial charge in [-0.1, -0.05) is 38.3 Å². The fraction of sp³-hybridized carbons (Fsp3) is 0.550. The van der Waals surface area contributed by atoms with E-state index in [0.29, 0.717) is 30.2 Å². The molecule has 2 rings (SSSR count). The summed E-state index contributed by atoms with van der Waals surface area (Å²) in [6.07, 6.45) is 6.56. The summed E-state index contributed by atoms with van der Waals surface area (Å²) in [5.74, 6) is 0.0862. The Balaban J connectivity index is 2.10. The summed E-state index contributed by atoms with van der Waals surface area (Å²) >= 11 is 0. The van der Waals surface area contributed by atoms with Crippen molar-refractivity contribution in [3.05, 3.63) is 41.1 Å². The molecule has 5 nitrogen and oxygen atoms in total. The number of nitrogens with two attached hydrogens (primary N) is 2. The summed E-state index contributed by atoms with van der Waals surface area (Å²) in [6, 6.07) is 7.11. The molecule has 0 saturated heterocycles. The van der Waals surface area contributed by atoms with Crippen molar-refractivity contribution in [3.63, 3.8) is 0 Å². The summed E-state index contributed by atoms with van der Waals surface area (Å²) in [7, 11) is 1.86. The van der Waals surface area contributed by atoms with E-state index in [-0.39, 0.29) is 5.97 Å². The monoisotopic (exact) mass is 345 g/mol. The Morgan fingerprint density at radius 2 is 1.88 bits per heavy atom. The van der Waals surface area contributed by atoms with E-state index in [0.717, 1.165) is 24.1 Å². The first-order chi connectivity index (χ1) is 12.1. The van der Waals surface area contributed by atoms with Crippen molar-refractivity contribution in [3.8, 4) is 0 Å². The van der Waals surface area contributed by atoms with Crippen molar-refractivity contribution in [2.75, 3.05) is 19.0 Å². The molecule has 1 fully saturated rings. The maximum atomic E-state index is 12.7. The molecule has 25 heavy (non-hydrogen) atoms. The Morgan fingerprint density at radius 3 is 2.44 bits per heavy atom. The number of ether oxygens (including phenoxy) is 1. The molecule has 5 N–H and O–H groups in total. The maximum absolute atomic E-state index is 12.7. The van der Waals surface area contributed by atoms with E-state index < -0.39 is 6.04 Å². The number of carbonyl (C=O) groups excluding carboxylic acids is 1. The van der Waals surface area contributed by atoms with E-state index in [1.807, 2.05) is 38.2 Å². The van der Waals surface area contributed by atoms with Gasteiger partial charge in [0.2, 0.25) is 0 Å². The van der Waals surface area contributed by atoms with Gasteiger partial charge in [-0.3, -0.25) is 0 Å². The van der Waals surface area contributed by atoms with Crippen LogP contribution in [-0.2, 0) is 9.53 Å². The standard InChI is InChI=1S/C20H31N3O2/c1-3-17(21)18(19(22)15-9-11-16(23-2)12-10-15)20(24)25-13-14-7-5-4-6-8-14/h9-12,14,19,23H,3-8,13,21-22H2,1-2H3/b18-17+. The smallest absolute Gasteiger partial charge is 0.337 e. The SMILES string of the molecule is CC/C(N)=C(\C(=O)OCC1CCCCC1)C(N)c1ccc(NC)cc1. The van der Waals surface area contributed by atoms with Crippen molar-refractivity contribution < 1.29 is 9.53 Å². The Hall–Kier alpha value is -2.01. The van der Waals surface area contributed by atoms with E-state index in [2.05, 4.69) is 5.32 Å². The van der Waals surface area contributed by atoms with Crippen LogP contribution in [0, 0.1) is 5.92 Å². The molecule has 1 saturated carbocycles. The quantitative estimate of drug-likeness (QED) is 0.520. The van der Waals surface area contributed by atoms with E-state index in [9.17, 15) is 4.79 Å². The van der Waals surface area contributed by atoms with Gasteiger partial charge in [-0.15, -0.1) is 0 Å². The molecule has 138 valence electrons. The van der Waals surface area contributed by atoms with Crippen LogP contribution < -0.4 is 16.8 Å². The third-order valence-corrected chi connectivity index (χ3v) is 4.99. The number of allylic oxidation sites excluding steroid dienone is 1. The van der Waals surface area contributed by atoms with E-state index >= 15 is 0 Å². The number of rotatable bonds is 7. The molecule has 1 atom stereocenters. The van der Waals surface area contributed by atoms with Gasteiger partial charge >= 0.3 is 5.97 Å². The molecule has 1 aromatic carbocycles. The zero-order valence-corrected chi connectivity index (χ0v) is 15.4. The van der Waals surface area contributed by atoms with Crippen LogP contribution in [-0.4, -0.2) is 19.6 Å². The highest BCUT2D eigenvalue weighted by Crippen LogP contribution is 2.27. The topological polar surface area (TPSA) is 90.4 Å². The average Bonchev–Trinajstić information content (AvgIpc) is 2.67. The molecular weight excluding hydrogens is 314 g/mol. The van der Waals surface area contributed by atoms with Gasteiger partial charge in [-0.25, -0.2) is 4.79 Å². The second-order valence-electron chi connectivity index (χ2n) is 6.74. The number of hydrogen-bond donors (Lipinski definition) is 3. The van der Waals surface area contributed by atoms with Crippen LogP contribution in [0.15, 0.2) is 35.5 Å². The molecule has 0 heterocycles. The van der Waals surface area contributed by atoms with Gasteiger partial charge in [0, 0.05) is 18.4 Å². The molecular formula is C20H31N3O2. The predicted molar refractivity (Wildman–Crippen MR) is 102 cm³/mol. The number of hydrogen-bond acceptors (Lipinski definition) is 5. The second kappa shape index (κ2) is 9.47. The van der Waals surface area contributed by atoms with Gasteiger partial charge in [-0.05, 0) is 42.9 Å². The summed E-state index contributed by atoms with van der Waals surface area (Å²) in [6.45, 7) is 2.38. The number of anilines is 1. The Morgan fingerprint density at radius 1 is 1.24 bits per heavy atom. The highest BCUT2D eigenvalue weighted by molar-refractivity contribution is 5.91. The molecule has 1 aliphatic rings. The normalized spacial score (nSPS) is 17.6. The first kappa shape index (κ1) is 19.3. The highest BCUT2D eigenvalue weighted by atomic mass is 16.5. The maximum Gasteiger partial charge on any atom is 0.337 e. The average molecular weight is 345 g/mol. The fourth-order valence-corrected chi connectivity index (χ4v) is 3.30. The Kier molecular flexibility index (Phi) is 7.31. The number of nitrogens with one attached hydrogen (secondary N) is 1. The zero-order chi connectivity index (χ0) is 18.2. The van der Waals surface area contributed by atoms with Gasteiger partial charge < -0.3 is 21.5 Å². The molecule has 0 radical (unpaired) electrons. The van der Waals surface area contributed by atoms with Crippen molar-refractivity contribution in [2.45, 2.75) is 51.5 Å². The molecule has 0 spiro atoms. The van der Waals surface area contributed by atoms with E-state index in [1.165, 1.54) is 19.3 Å². The molecule has 1 aliphatic carbocycles. The summed E-state index contributed by atoms with van der Waals surface area (Å²) < 4.78 is 5.58. The first-order valence-corrected chi connectivity index (χ1v) is 9.25. The van der Waals surface area contributed by atoms with Crippen LogP contribution in [0.2, 0.25) is 0 Å². The lowest BCUT2D eigenvalue weighted by atomic mass is 9.90. The zero-order valence-electron chi connectivity index (χ0n) is 15.4. The van der Waals surface area contributed by atoms with Crippen molar-refractivity contribution in [2.24, 2.45) is 17.4 Å². The van der Waals surface area contributed by atoms with Gasteiger partial charge in [0.1, 0.15) is 0 Å². The predicted octanol–water partition coefficient (Wildman–Crippen LogP) is 3.47. The van der Waals surface area contributed by atoms with E-state index in [4.69, 9.17) is 16.2 Å². The number of esters is 1. The van der Waals surface area contributed by atoms with Crippen molar-refractivity contribution in [1.29, 1.82) is 0 Å². The lowest BCUT2D eigenvalue weighted by Gasteiger charge is -2.23. The van der Waals surface area contributed by atoms with E-state index in [1.54, 1.807) is 0 Å². The lowest BCUT2D eigenvalue weighted by molar-refractivity contribution is -0.141. The highest BCUT2D eigenvalue weighted by Gasteiger charge is 2.25. The molecule has 1 aromatic rings. The Labute approximate surface area is 150 Å². The molecule has 1 unspecified atom stereocenters. The van der Waals surface area contributed by atoms with Gasteiger partial charge in [0.05, 0.1) is 18.2 Å². The molecule has 0 aromatic heterocycles.